The lowest BCUT2D eigenvalue weighted by Crippen LogP contribution is -2.48. The normalized spacial score (nSPS) is 14.4. The van der Waals surface area contributed by atoms with E-state index in [1.54, 1.807) is 27.2 Å². The van der Waals surface area contributed by atoms with Crippen molar-refractivity contribution in [1.29, 1.82) is 0 Å². The van der Waals surface area contributed by atoms with Gasteiger partial charge in [0.05, 0.1) is 17.4 Å². The molecule has 2 aromatic carbocycles. The summed E-state index contributed by atoms with van der Waals surface area (Å²) in [6.45, 7) is 1.73. The third-order valence-electron chi connectivity index (χ3n) is 5.68. The fourth-order valence-electron chi connectivity index (χ4n) is 3.87. The molecule has 1 fully saturated rings. The molecular formula is C24H20F3N5OS. The molecule has 6 nitrogen and oxygen atoms in total. The van der Waals surface area contributed by atoms with Gasteiger partial charge in [0, 0.05) is 49.0 Å². The molecule has 4 aromatic rings. The van der Waals surface area contributed by atoms with Crippen LogP contribution in [0.15, 0.2) is 72.4 Å². The van der Waals surface area contributed by atoms with E-state index in [1.165, 1.54) is 17.4 Å². The lowest BCUT2D eigenvalue weighted by atomic mass is 10.1. The van der Waals surface area contributed by atoms with Crippen LogP contribution >= 0.6 is 11.3 Å². The van der Waals surface area contributed by atoms with Crippen LogP contribution in [-0.2, 0) is 6.18 Å². The number of para-hydroxylation sites is 1. The number of hydrogen-bond acceptors (Lipinski definition) is 5. The van der Waals surface area contributed by atoms with Gasteiger partial charge in [-0.25, -0.2) is 9.67 Å². The number of carbonyl (C=O) groups is 1. The summed E-state index contributed by atoms with van der Waals surface area (Å²) in [6, 6.07) is 15.0. The summed E-state index contributed by atoms with van der Waals surface area (Å²) in [6.07, 6.45) is -0.794. The fraction of sp³-hybridized carbons (Fsp3) is 0.208. The van der Waals surface area contributed by atoms with Crippen molar-refractivity contribution in [3.05, 3.63) is 83.6 Å². The molecule has 5 rings (SSSR count). The van der Waals surface area contributed by atoms with Crippen molar-refractivity contribution in [3.63, 3.8) is 0 Å². The highest BCUT2D eigenvalue weighted by atomic mass is 32.1. The average molecular weight is 484 g/mol. The molecule has 0 bridgehead atoms. The highest BCUT2D eigenvalue weighted by Crippen LogP contribution is 2.32. The van der Waals surface area contributed by atoms with Crippen LogP contribution in [0.4, 0.5) is 18.9 Å². The molecular weight excluding hydrogens is 463 g/mol. The van der Waals surface area contributed by atoms with Crippen LogP contribution in [0.25, 0.3) is 16.3 Å². The van der Waals surface area contributed by atoms with Gasteiger partial charge in [-0.05, 0) is 30.3 Å². The standard InChI is InChI=1S/C24H20F3N5OS/c25-24(26,27)18-5-4-8-20(13-18)30-9-11-31(12-10-30)23(33)21-16-34-22(29-21)17-14-28-32(15-17)19-6-2-1-3-7-19/h1-8,13-16H,9-12H2. The first-order valence-electron chi connectivity index (χ1n) is 10.7. The zero-order valence-corrected chi connectivity index (χ0v) is 18.8. The third-order valence-corrected chi connectivity index (χ3v) is 6.57. The predicted octanol–water partition coefficient (Wildman–Crippen LogP) is 4.98. The van der Waals surface area contributed by atoms with E-state index >= 15 is 0 Å². The SMILES string of the molecule is O=C(c1csc(-c2cnn(-c3ccccc3)c2)n1)N1CCN(c2cccc(C(F)(F)F)c2)CC1. The van der Waals surface area contributed by atoms with Crippen LogP contribution in [0.2, 0.25) is 0 Å². The Morgan fingerprint density at radius 3 is 2.41 bits per heavy atom. The second kappa shape index (κ2) is 8.94. The smallest absolute Gasteiger partial charge is 0.368 e. The van der Waals surface area contributed by atoms with Crippen LogP contribution < -0.4 is 4.90 Å². The zero-order chi connectivity index (χ0) is 23.7. The van der Waals surface area contributed by atoms with E-state index in [0.717, 1.165) is 23.4 Å². The Kier molecular flexibility index (Phi) is 5.82. The molecule has 2 aromatic heterocycles. The van der Waals surface area contributed by atoms with E-state index in [1.807, 2.05) is 41.4 Å². The molecule has 1 saturated heterocycles. The summed E-state index contributed by atoms with van der Waals surface area (Å²) in [5.74, 6) is -0.179. The summed E-state index contributed by atoms with van der Waals surface area (Å²) in [7, 11) is 0. The number of carbonyl (C=O) groups excluding carboxylic acids is 1. The number of aromatic nitrogens is 3. The van der Waals surface area contributed by atoms with Gasteiger partial charge in [-0.15, -0.1) is 11.3 Å². The average Bonchev–Trinajstić information content (AvgIpc) is 3.54. The third kappa shape index (κ3) is 4.54. The van der Waals surface area contributed by atoms with Crippen LogP contribution in [0, 0.1) is 0 Å². The topological polar surface area (TPSA) is 54.3 Å². The second-order valence-corrected chi connectivity index (χ2v) is 8.73. The number of anilines is 1. The molecule has 1 amide bonds. The maximum absolute atomic E-state index is 13.0. The minimum atomic E-state index is -4.38. The summed E-state index contributed by atoms with van der Waals surface area (Å²) in [5, 5.41) is 6.81. The van der Waals surface area contributed by atoms with E-state index in [9.17, 15) is 18.0 Å². The number of thiazole rings is 1. The Morgan fingerprint density at radius 2 is 1.68 bits per heavy atom. The number of amides is 1. The Morgan fingerprint density at radius 1 is 0.941 bits per heavy atom. The van der Waals surface area contributed by atoms with Crippen molar-refractivity contribution in [3.8, 4) is 16.3 Å². The lowest BCUT2D eigenvalue weighted by Gasteiger charge is -2.36. The van der Waals surface area contributed by atoms with Gasteiger partial charge in [0.25, 0.3) is 5.91 Å². The molecule has 0 radical (unpaired) electrons. The van der Waals surface area contributed by atoms with Gasteiger partial charge in [-0.2, -0.15) is 18.3 Å². The number of rotatable bonds is 4. The molecule has 0 unspecified atom stereocenters. The summed E-state index contributed by atoms with van der Waals surface area (Å²) < 4.78 is 40.8. The molecule has 0 aliphatic carbocycles. The van der Waals surface area contributed by atoms with Crippen molar-refractivity contribution in [1.82, 2.24) is 19.7 Å². The van der Waals surface area contributed by atoms with Gasteiger partial charge in [0.15, 0.2) is 0 Å². The van der Waals surface area contributed by atoms with Gasteiger partial charge in [0.2, 0.25) is 0 Å². The maximum Gasteiger partial charge on any atom is 0.416 e. The summed E-state index contributed by atoms with van der Waals surface area (Å²) >= 11 is 1.38. The molecule has 0 saturated carbocycles. The number of piperazine rings is 1. The van der Waals surface area contributed by atoms with Crippen molar-refractivity contribution in [2.75, 3.05) is 31.1 Å². The van der Waals surface area contributed by atoms with Gasteiger partial charge in [-0.3, -0.25) is 4.79 Å². The van der Waals surface area contributed by atoms with Gasteiger partial charge >= 0.3 is 6.18 Å². The Hall–Kier alpha value is -3.66. The van der Waals surface area contributed by atoms with Crippen LogP contribution in [-0.4, -0.2) is 51.8 Å². The molecule has 10 heteroatoms. The second-order valence-electron chi connectivity index (χ2n) is 7.87. The van der Waals surface area contributed by atoms with Crippen molar-refractivity contribution in [2.24, 2.45) is 0 Å². The lowest BCUT2D eigenvalue weighted by molar-refractivity contribution is -0.137. The van der Waals surface area contributed by atoms with E-state index in [-0.39, 0.29) is 5.91 Å². The van der Waals surface area contributed by atoms with Crippen molar-refractivity contribution in [2.45, 2.75) is 6.18 Å². The first kappa shape index (κ1) is 22.1. The van der Waals surface area contributed by atoms with E-state index < -0.39 is 11.7 Å². The van der Waals surface area contributed by atoms with Gasteiger partial charge in [0.1, 0.15) is 10.7 Å². The molecule has 34 heavy (non-hydrogen) atoms. The van der Waals surface area contributed by atoms with E-state index in [4.69, 9.17) is 0 Å². The first-order valence-corrected chi connectivity index (χ1v) is 11.5. The largest absolute Gasteiger partial charge is 0.416 e. The predicted molar refractivity (Wildman–Crippen MR) is 124 cm³/mol. The minimum absolute atomic E-state index is 0.179. The molecule has 0 N–H and O–H groups in total. The number of alkyl halides is 3. The molecule has 1 aliphatic heterocycles. The Balaban J connectivity index is 1.24. The molecule has 174 valence electrons. The summed E-state index contributed by atoms with van der Waals surface area (Å²) in [4.78, 5) is 21.1. The van der Waals surface area contributed by atoms with Crippen molar-refractivity contribution < 1.29 is 18.0 Å². The maximum atomic E-state index is 13.0. The number of benzene rings is 2. The fourth-order valence-corrected chi connectivity index (χ4v) is 4.64. The molecule has 0 atom stereocenters. The monoisotopic (exact) mass is 483 g/mol. The quantitative estimate of drug-likeness (QED) is 0.411. The molecule has 1 aliphatic rings. The minimum Gasteiger partial charge on any atom is -0.368 e. The van der Waals surface area contributed by atoms with E-state index in [2.05, 4.69) is 10.1 Å². The van der Waals surface area contributed by atoms with Gasteiger partial charge < -0.3 is 9.80 Å². The molecule has 3 heterocycles. The zero-order valence-electron chi connectivity index (χ0n) is 17.9. The highest BCUT2D eigenvalue weighted by Gasteiger charge is 2.31. The van der Waals surface area contributed by atoms with E-state index in [0.29, 0.717) is 42.6 Å². The highest BCUT2D eigenvalue weighted by molar-refractivity contribution is 7.13. The first-order chi connectivity index (χ1) is 16.4. The Labute approximate surface area is 197 Å². The Bertz CT molecular complexity index is 1290. The van der Waals surface area contributed by atoms with Crippen LogP contribution in [0.5, 0.6) is 0 Å². The summed E-state index contributed by atoms with van der Waals surface area (Å²) in [5.41, 5.74) is 1.95. The van der Waals surface area contributed by atoms with Crippen molar-refractivity contribution >= 4 is 22.9 Å². The number of nitrogens with zero attached hydrogens (tertiary/aromatic N) is 5. The van der Waals surface area contributed by atoms with Crippen LogP contribution in [0.3, 0.4) is 0 Å². The number of hydrogen-bond donors (Lipinski definition) is 0. The van der Waals surface area contributed by atoms with Gasteiger partial charge in [-0.1, -0.05) is 24.3 Å². The number of halogens is 3. The molecule has 0 spiro atoms. The van der Waals surface area contributed by atoms with Crippen LogP contribution in [0.1, 0.15) is 16.1 Å².